The van der Waals surface area contributed by atoms with Crippen LogP contribution >= 0.6 is 0 Å². The Kier molecular flexibility index (Phi) is 6.05. The van der Waals surface area contributed by atoms with Crippen LogP contribution in [0.5, 0.6) is 0 Å². The number of nitrogens with zero attached hydrogens (tertiary/aromatic N) is 1. The Bertz CT molecular complexity index is 975. The standard InChI is InChI=1S/C21H24F2N2O3S/c1-21(22,23)20(26)25-12-11-18(24-29(2,27)28)19(25)14-15-7-6-10-17(13-15)16-8-4-3-5-9-16/h3-10,13,18-19,24H,11-12,14H2,1-2H3/t18-,19-/m0/s1. The molecule has 156 valence electrons. The fourth-order valence-corrected chi connectivity index (χ4v) is 4.60. The number of nitrogens with one attached hydrogen (secondary N) is 1. The average Bonchev–Trinajstić information content (AvgIpc) is 3.01. The van der Waals surface area contributed by atoms with Crippen molar-refractivity contribution in [3.05, 3.63) is 60.2 Å². The maximum atomic E-state index is 13.7. The lowest BCUT2D eigenvalue weighted by atomic mass is 9.97. The highest BCUT2D eigenvalue weighted by molar-refractivity contribution is 7.88. The van der Waals surface area contributed by atoms with Crippen molar-refractivity contribution in [2.45, 2.75) is 37.8 Å². The highest BCUT2D eigenvalue weighted by atomic mass is 32.2. The monoisotopic (exact) mass is 422 g/mol. The van der Waals surface area contributed by atoms with Gasteiger partial charge in [0.15, 0.2) is 0 Å². The van der Waals surface area contributed by atoms with Gasteiger partial charge in [-0.25, -0.2) is 13.1 Å². The van der Waals surface area contributed by atoms with Gasteiger partial charge in [-0.15, -0.1) is 0 Å². The number of carbonyl (C=O) groups excluding carboxylic acids is 1. The van der Waals surface area contributed by atoms with Crippen LogP contribution in [-0.4, -0.2) is 50.0 Å². The molecule has 0 radical (unpaired) electrons. The lowest BCUT2D eigenvalue weighted by molar-refractivity contribution is -0.155. The smallest absolute Gasteiger partial charge is 0.322 e. The molecular weight excluding hydrogens is 398 g/mol. The summed E-state index contributed by atoms with van der Waals surface area (Å²) >= 11 is 0. The minimum Gasteiger partial charge on any atom is -0.333 e. The average molecular weight is 422 g/mol. The molecule has 0 bridgehead atoms. The summed E-state index contributed by atoms with van der Waals surface area (Å²) in [5.74, 6) is -4.79. The fourth-order valence-electron chi connectivity index (χ4n) is 3.77. The first-order chi connectivity index (χ1) is 13.5. The molecule has 1 fully saturated rings. The second-order valence-electron chi connectivity index (χ2n) is 7.51. The third kappa shape index (κ3) is 5.39. The summed E-state index contributed by atoms with van der Waals surface area (Å²) in [6.07, 6.45) is 1.59. The molecule has 8 heteroatoms. The van der Waals surface area contributed by atoms with Crippen LogP contribution < -0.4 is 4.72 Å². The summed E-state index contributed by atoms with van der Waals surface area (Å²) in [5.41, 5.74) is 2.82. The minimum atomic E-state index is -3.54. The molecule has 2 atom stereocenters. The largest absolute Gasteiger partial charge is 0.333 e. The van der Waals surface area contributed by atoms with Crippen molar-refractivity contribution in [3.63, 3.8) is 0 Å². The first-order valence-electron chi connectivity index (χ1n) is 9.35. The third-order valence-corrected chi connectivity index (χ3v) is 5.76. The number of sulfonamides is 1. The topological polar surface area (TPSA) is 66.5 Å². The highest BCUT2D eigenvalue weighted by Gasteiger charge is 2.45. The number of amides is 1. The first-order valence-corrected chi connectivity index (χ1v) is 11.2. The molecular formula is C21H24F2N2O3S. The summed E-state index contributed by atoms with van der Waals surface area (Å²) in [4.78, 5) is 13.4. The summed E-state index contributed by atoms with van der Waals surface area (Å²) in [6, 6.07) is 16.0. The lowest BCUT2D eigenvalue weighted by Gasteiger charge is -2.30. The number of carbonyl (C=O) groups is 1. The Balaban J connectivity index is 1.90. The summed E-state index contributed by atoms with van der Waals surface area (Å²) < 4.78 is 53.4. The van der Waals surface area contributed by atoms with E-state index in [9.17, 15) is 22.0 Å². The van der Waals surface area contributed by atoms with Gasteiger partial charge >= 0.3 is 5.92 Å². The number of hydrogen-bond acceptors (Lipinski definition) is 3. The molecule has 1 aliphatic rings. The number of rotatable bonds is 6. The van der Waals surface area contributed by atoms with Crippen molar-refractivity contribution in [2.75, 3.05) is 12.8 Å². The second kappa shape index (κ2) is 8.20. The van der Waals surface area contributed by atoms with Crippen molar-refractivity contribution in [2.24, 2.45) is 0 Å². The van der Waals surface area contributed by atoms with Gasteiger partial charge in [-0.05, 0) is 29.5 Å². The molecule has 0 saturated carbocycles. The maximum Gasteiger partial charge on any atom is 0.322 e. The highest BCUT2D eigenvalue weighted by Crippen LogP contribution is 2.29. The maximum absolute atomic E-state index is 13.7. The van der Waals surface area contributed by atoms with E-state index in [1.54, 1.807) is 0 Å². The first kappa shape index (κ1) is 21.4. The van der Waals surface area contributed by atoms with Crippen LogP contribution in [0.3, 0.4) is 0 Å². The van der Waals surface area contributed by atoms with Gasteiger partial charge in [-0.1, -0.05) is 54.6 Å². The van der Waals surface area contributed by atoms with Gasteiger partial charge in [-0.2, -0.15) is 8.78 Å². The zero-order valence-corrected chi connectivity index (χ0v) is 17.1. The fraction of sp³-hybridized carbons (Fsp3) is 0.381. The summed E-state index contributed by atoms with van der Waals surface area (Å²) in [6.45, 7) is 0.651. The van der Waals surface area contributed by atoms with E-state index in [4.69, 9.17) is 0 Å². The number of likely N-dealkylation sites (tertiary alicyclic amines) is 1. The Morgan fingerprint density at radius 3 is 2.41 bits per heavy atom. The van der Waals surface area contributed by atoms with E-state index in [1.807, 2.05) is 54.6 Å². The molecule has 1 saturated heterocycles. The number of benzene rings is 2. The Morgan fingerprint density at radius 1 is 1.14 bits per heavy atom. The van der Waals surface area contributed by atoms with Crippen LogP contribution in [0, 0.1) is 0 Å². The van der Waals surface area contributed by atoms with Crippen molar-refractivity contribution < 1.29 is 22.0 Å². The molecule has 1 N–H and O–H groups in total. The van der Waals surface area contributed by atoms with Crippen LogP contribution in [0.4, 0.5) is 8.78 Å². The van der Waals surface area contributed by atoms with Gasteiger partial charge in [-0.3, -0.25) is 4.79 Å². The molecule has 2 aromatic rings. The molecule has 5 nitrogen and oxygen atoms in total. The van der Waals surface area contributed by atoms with Crippen molar-refractivity contribution in [3.8, 4) is 11.1 Å². The number of alkyl halides is 2. The normalized spacial score (nSPS) is 20.1. The van der Waals surface area contributed by atoms with Crippen molar-refractivity contribution in [1.29, 1.82) is 0 Å². The molecule has 29 heavy (non-hydrogen) atoms. The van der Waals surface area contributed by atoms with E-state index in [0.717, 1.165) is 27.8 Å². The van der Waals surface area contributed by atoms with Crippen LogP contribution in [0.15, 0.2) is 54.6 Å². The van der Waals surface area contributed by atoms with Gasteiger partial charge < -0.3 is 4.90 Å². The molecule has 1 aliphatic heterocycles. The second-order valence-corrected chi connectivity index (χ2v) is 9.29. The van der Waals surface area contributed by atoms with Crippen LogP contribution in [0.25, 0.3) is 11.1 Å². The molecule has 3 rings (SSSR count). The van der Waals surface area contributed by atoms with Gasteiger partial charge in [0.25, 0.3) is 5.91 Å². The van der Waals surface area contributed by atoms with E-state index in [2.05, 4.69) is 4.72 Å². The molecule has 0 aliphatic carbocycles. The predicted octanol–water partition coefficient (Wildman–Crippen LogP) is 3.07. The number of hydrogen-bond donors (Lipinski definition) is 1. The van der Waals surface area contributed by atoms with Crippen LogP contribution in [0.1, 0.15) is 18.9 Å². The van der Waals surface area contributed by atoms with E-state index in [1.165, 1.54) is 0 Å². The van der Waals surface area contributed by atoms with Gasteiger partial charge in [0, 0.05) is 19.5 Å². The Morgan fingerprint density at radius 2 is 1.79 bits per heavy atom. The zero-order chi connectivity index (χ0) is 21.2. The molecule has 0 aromatic heterocycles. The minimum absolute atomic E-state index is 0.0818. The molecule has 1 amide bonds. The molecule has 2 aromatic carbocycles. The number of halogens is 2. The van der Waals surface area contributed by atoms with Gasteiger partial charge in [0.05, 0.1) is 12.3 Å². The van der Waals surface area contributed by atoms with E-state index in [0.29, 0.717) is 6.92 Å². The Labute approximate surface area is 169 Å². The van der Waals surface area contributed by atoms with E-state index >= 15 is 0 Å². The van der Waals surface area contributed by atoms with Gasteiger partial charge in [0.1, 0.15) is 0 Å². The van der Waals surface area contributed by atoms with E-state index in [-0.39, 0.29) is 19.4 Å². The third-order valence-electron chi connectivity index (χ3n) is 5.03. The lowest BCUT2D eigenvalue weighted by Crippen LogP contribution is -2.51. The summed E-state index contributed by atoms with van der Waals surface area (Å²) in [5, 5.41) is 0. The molecule has 1 heterocycles. The van der Waals surface area contributed by atoms with E-state index < -0.39 is 33.9 Å². The van der Waals surface area contributed by atoms with Crippen molar-refractivity contribution in [1.82, 2.24) is 9.62 Å². The summed E-state index contributed by atoms with van der Waals surface area (Å²) in [7, 11) is -3.54. The van der Waals surface area contributed by atoms with Crippen LogP contribution in [0.2, 0.25) is 0 Å². The zero-order valence-electron chi connectivity index (χ0n) is 16.3. The molecule has 0 unspecified atom stereocenters. The van der Waals surface area contributed by atoms with Crippen molar-refractivity contribution >= 4 is 15.9 Å². The van der Waals surface area contributed by atoms with Crippen LogP contribution in [-0.2, 0) is 21.2 Å². The molecule has 0 spiro atoms. The van der Waals surface area contributed by atoms with Gasteiger partial charge in [0.2, 0.25) is 10.0 Å². The SMILES string of the molecule is CC(F)(F)C(=O)N1CC[C@H](NS(C)(=O)=O)[C@@H]1Cc1cccc(-c2ccccc2)c1. The Hall–Kier alpha value is -2.32. The quantitative estimate of drug-likeness (QED) is 0.778. The predicted molar refractivity (Wildman–Crippen MR) is 108 cm³/mol.